The molecule has 1 aromatic carbocycles. The Hall–Kier alpha value is -0.380. The molecule has 3 heteroatoms. The lowest BCUT2D eigenvalue weighted by atomic mass is 9.92. The van der Waals surface area contributed by atoms with Crippen LogP contribution in [0.5, 0.6) is 0 Å². The number of benzene rings is 1. The molecule has 1 fully saturated rings. The van der Waals surface area contributed by atoms with E-state index in [4.69, 9.17) is 10.5 Å². The second-order valence-electron chi connectivity index (χ2n) is 4.87. The highest BCUT2D eigenvalue weighted by molar-refractivity contribution is 9.10. The molecule has 1 saturated heterocycles. The molecule has 0 aliphatic carbocycles. The van der Waals surface area contributed by atoms with Gasteiger partial charge in [0, 0.05) is 4.47 Å². The van der Waals surface area contributed by atoms with E-state index in [9.17, 15) is 0 Å². The first-order chi connectivity index (χ1) is 8.19. The second kappa shape index (κ2) is 5.98. The van der Waals surface area contributed by atoms with Gasteiger partial charge >= 0.3 is 0 Å². The molecule has 2 rings (SSSR count). The number of halogens is 1. The zero-order chi connectivity index (χ0) is 12.3. The van der Waals surface area contributed by atoms with Crippen LogP contribution in [0.1, 0.15) is 37.7 Å². The highest BCUT2D eigenvalue weighted by Crippen LogP contribution is 2.29. The smallest absolute Gasteiger partial charge is 0.0586 e. The summed E-state index contributed by atoms with van der Waals surface area (Å²) in [6.45, 7) is 2.84. The van der Waals surface area contributed by atoms with Crippen LogP contribution in [0.15, 0.2) is 28.7 Å². The number of ether oxygens (including phenoxy) is 1. The average molecular weight is 298 g/mol. The SMILES string of the molecule is CC1CCC(CC(CN)c2ccc(Br)cc2)O1. The minimum atomic E-state index is 0.391. The lowest BCUT2D eigenvalue weighted by molar-refractivity contribution is 0.0470. The van der Waals surface area contributed by atoms with Gasteiger partial charge in [-0.2, -0.15) is 0 Å². The minimum absolute atomic E-state index is 0.391. The second-order valence-corrected chi connectivity index (χ2v) is 5.78. The van der Waals surface area contributed by atoms with Crippen molar-refractivity contribution < 1.29 is 4.74 Å². The van der Waals surface area contributed by atoms with Gasteiger partial charge in [0.2, 0.25) is 0 Å². The molecule has 3 unspecified atom stereocenters. The summed E-state index contributed by atoms with van der Waals surface area (Å²) < 4.78 is 6.99. The van der Waals surface area contributed by atoms with Crippen LogP contribution >= 0.6 is 15.9 Å². The Morgan fingerprint density at radius 1 is 1.35 bits per heavy atom. The Balaban J connectivity index is 1.98. The van der Waals surface area contributed by atoms with Crippen molar-refractivity contribution in [2.45, 2.75) is 44.3 Å². The molecule has 1 aromatic rings. The molecular weight excluding hydrogens is 278 g/mol. The predicted molar refractivity (Wildman–Crippen MR) is 74.1 cm³/mol. The van der Waals surface area contributed by atoms with E-state index in [1.54, 1.807) is 0 Å². The molecule has 0 bridgehead atoms. The summed E-state index contributed by atoms with van der Waals surface area (Å²) in [4.78, 5) is 0. The third-order valence-corrected chi connectivity index (χ3v) is 4.02. The van der Waals surface area contributed by atoms with Crippen molar-refractivity contribution in [3.8, 4) is 0 Å². The van der Waals surface area contributed by atoms with Crippen molar-refractivity contribution >= 4 is 15.9 Å². The number of nitrogens with two attached hydrogens (primary N) is 1. The summed E-state index contributed by atoms with van der Waals surface area (Å²) in [5, 5.41) is 0. The van der Waals surface area contributed by atoms with E-state index in [1.165, 1.54) is 18.4 Å². The largest absolute Gasteiger partial charge is 0.375 e. The summed E-state index contributed by atoms with van der Waals surface area (Å²) in [6, 6.07) is 8.46. The van der Waals surface area contributed by atoms with Gasteiger partial charge in [0.05, 0.1) is 12.2 Å². The Bertz CT molecular complexity index is 352. The predicted octanol–water partition coefficient (Wildman–Crippen LogP) is 3.45. The van der Waals surface area contributed by atoms with Crippen LogP contribution in [0, 0.1) is 0 Å². The molecule has 2 N–H and O–H groups in total. The third-order valence-electron chi connectivity index (χ3n) is 3.49. The highest BCUT2D eigenvalue weighted by atomic mass is 79.9. The quantitative estimate of drug-likeness (QED) is 0.924. The van der Waals surface area contributed by atoms with E-state index in [-0.39, 0.29) is 0 Å². The highest BCUT2D eigenvalue weighted by Gasteiger charge is 2.25. The summed E-state index contributed by atoms with van der Waals surface area (Å²) in [5.41, 5.74) is 7.21. The summed E-state index contributed by atoms with van der Waals surface area (Å²) in [7, 11) is 0. The minimum Gasteiger partial charge on any atom is -0.375 e. The van der Waals surface area contributed by atoms with Crippen LogP contribution < -0.4 is 5.73 Å². The molecule has 0 amide bonds. The maximum Gasteiger partial charge on any atom is 0.0586 e. The van der Waals surface area contributed by atoms with Crippen LogP contribution in [-0.4, -0.2) is 18.8 Å². The Labute approximate surface area is 112 Å². The molecule has 17 heavy (non-hydrogen) atoms. The zero-order valence-electron chi connectivity index (χ0n) is 10.2. The van der Waals surface area contributed by atoms with Crippen LogP contribution in [0.4, 0.5) is 0 Å². The molecule has 1 aliphatic heterocycles. The fraction of sp³-hybridized carbons (Fsp3) is 0.571. The van der Waals surface area contributed by atoms with Gasteiger partial charge < -0.3 is 10.5 Å². The fourth-order valence-corrected chi connectivity index (χ4v) is 2.74. The molecular formula is C14H20BrNO. The Morgan fingerprint density at radius 3 is 2.59 bits per heavy atom. The first-order valence-corrected chi connectivity index (χ1v) is 7.09. The van der Waals surface area contributed by atoms with Crippen molar-refractivity contribution in [3.63, 3.8) is 0 Å². The van der Waals surface area contributed by atoms with Gasteiger partial charge in [-0.25, -0.2) is 0 Å². The standard InChI is InChI=1S/C14H20BrNO/c1-10-2-7-14(17-10)8-12(9-16)11-3-5-13(15)6-4-11/h3-6,10,12,14H,2,7-9,16H2,1H3. The van der Waals surface area contributed by atoms with Gasteiger partial charge in [-0.05, 0) is 56.3 Å². The lowest BCUT2D eigenvalue weighted by Crippen LogP contribution is -2.19. The average Bonchev–Trinajstić information content (AvgIpc) is 2.73. The van der Waals surface area contributed by atoms with Gasteiger partial charge in [-0.1, -0.05) is 28.1 Å². The molecule has 3 atom stereocenters. The van der Waals surface area contributed by atoms with Crippen molar-refractivity contribution in [1.29, 1.82) is 0 Å². The molecule has 1 aliphatic rings. The third kappa shape index (κ3) is 3.54. The van der Waals surface area contributed by atoms with Crippen molar-refractivity contribution in [2.75, 3.05) is 6.54 Å². The van der Waals surface area contributed by atoms with Crippen LogP contribution in [-0.2, 0) is 4.74 Å². The molecule has 0 radical (unpaired) electrons. The monoisotopic (exact) mass is 297 g/mol. The van der Waals surface area contributed by atoms with Crippen LogP contribution in [0.3, 0.4) is 0 Å². The molecule has 0 aromatic heterocycles. The maximum absolute atomic E-state index is 5.89. The van der Waals surface area contributed by atoms with E-state index in [1.807, 2.05) is 0 Å². The normalized spacial score (nSPS) is 26.1. The van der Waals surface area contributed by atoms with Crippen molar-refractivity contribution in [1.82, 2.24) is 0 Å². The summed E-state index contributed by atoms with van der Waals surface area (Å²) in [5.74, 6) is 0.415. The van der Waals surface area contributed by atoms with Gasteiger partial charge in [-0.3, -0.25) is 0 Å². The van der Waals surface area contributed by atoms with Gasteiger partial charge in [-0.15, -0.1) is 0 Å². The summed E-state index contributed by atoms with van der Waals surface area (Å²) >= 11 is 3.46. The lowest BCUT2D eigenvalue weighted by Gasteiger charge is -2.19. The van der Waals surface area contributed by atoms with E-state index in [0.717, 1.165) is 10.9 Å². The molecule has 2 nitrogen and oxygen atoms in total. The van der Waals surface area contributed by atoms with E-state index in [0.29, 0.717) is 24.7 Å². The van der Waals surface area contributed by atoms with E-state index < -0.39 is 0 Å². The molecule has 94 valence electrons. The van der Waals surface area contributed by atoms with Crippen LogP contribution in [0.2, 0.25) is 0 Å². The number of hydrogen-bond acceptors (Lipinski definition) is 2. The van der Waals surface area contributed by atoms with Crippen LogP contribution in [0.25, 0.3) is 0 Å². The van der Waals surface area contributed by atoms with E-state index in [2.05, 4.69) is 47.1 Å². The molecule has 0 spiro atoms. The van der Waals surface area contributed by atoms with Gasteiger partial charge in [0.1, 0.15) is 0 Å². The fourth-order valence-electron chi connectivity index (χ4n) is 2.48. The van der Waals surface area contributed by atoms with Crippen molar-refractivity contribution in [3.05, 3.63) is 34.3 Å². The Kier molecular flexibility index (Phi) is 4.60. The maximum atomic E-state index is 5.89. The van der Waals surface area contributed by atoms with Gasteiger partial charge in [0.15, 0.2) is 0 Å². The zero-order valence-corrected chi connectivity index (χ0v) is 11.8. The molecule has 1 heterocycles. The van der Waals surface area contributed by atoms with Gasteiger partial charge in [0.25, 0.3) is 0 Å². The Morgan fingerprint density at radius 2 is 2.06 bits per heavy atom. The number of rotatable bonds is 4. The first kappa shape index (κ1) is 13.1. The topological polar surface area (TPSA) is 35.2 Å². The molecule has 0 saturated carbocycles. The number of hydrogen-bond donors (Lipinski definition) is 1. The first-order valence-electron chi connectivity index (χ1n) is 6.30. The van der Waals surface area contributed by atoms with E-state index >= 15 is 0 Å². The van der Waals surface area contributed by atoms with Crippen molar-refractivity contribution in [2.24, 2.45) is 5.73 Å². The summed E-state index contributed by atoms with van der Waals surface area (Å²) in [6.07, 6.45) is 4.21.